The molecule has 0 bridgehead atoms. The third-order valence-corrected chi connectivity index (χ3v) is 4.59. The molecule has 0 radical (unpaired) electrons. The molecule has 0 aliphatic heterocycles. The lowest BCUT2D eigenvalue weighted by molar-refractivity contribution is 0.182. The van der Waals surface area contributed by atoms with Gasteiger partial charge in [0.1, 0.15) is 0 Å². The molecular weight excluding hydrogens is 180 g/mol. The van der Waals surface area contributed by atoms with Crippen LogP contribution in [0.3, 0.4) is 0 Å². The summed E-state index contributed by atoms with van der Waals surface area (Å²) in [6.45, 7) is 14.2. The first-order valence-electron chi connectivity index (χ1n) is 6.96. The van der Waals surface area contributed by atoms with Crippen molar-refractivity contribution in [3.8, 4) is 0 Å². The number of unbranched alkanes of at least 4 members (excludes halogenated alkanes) is 1. The zero-order valence-electron chi connectivity index (χ0n) is 11.9. The van der Waals surface area contributed by atoms with Crippen molar-refractivity contribution in [1.82, 2.24) is 0 Å². The molecule has 0 aromatic rings. The van der Waals surface area contributed by atoms with Gasteiger partial charge in [-0.15, -0.1) is 0 Å². The van der Waals surface area contributed by atoms with E-state index in [0.29, 0.717) is 5.41 Å². The second kappa shape index (κ2) is 7.30. The second-order valence-electron chi connectivity index (χ2n) is 5.92. The van der Waals surface area contributed by atoms with E-state index in [0.717, 1.165) is 11.8 Å². The fourth-order valence-corrected chi connectivity index (χ4v) is 2.10. The van der Waals surface area contributed by atoms with Gasteiger partial charge in [-0.25, -0.2) is 0 Å². The predicted octanol–water partition coefficient (Wildman–Crippen LogP) is 5.67. The number of hydrogen-bond acceptors (Lipinski definition) is 0. The van der Waals surface area contributed by atoms with Crippen LogP contribution in [0.2, 0.25) is 0 Å². The summed E-state index contributed by atoms with van der Waals surface area (Å²) < 4.78 is 0. The molecule has 0 fully saturated rings. The molecule has 0 amide bonds. The zero-order valence-corrected chi connectivity index (χ0v) is 11.9. The quantitative estimate of drug-likeness (QED) is 0.455. The molecule has 2 unspecified atom stereocenters. The third-order valence-electron chi connectivity index (χ3n) is 4.59. The maximum atomic E-state index is 2.46. The molecule has 0 aromatic heterocycles. The van der Waals surface area contributed by atoms with Crippen molar-refractivity contribution >= 4 is 0 Å². The molecule has 15 heavy (non-hydrogen) atoms. The van der Waals surface area contributed by atoms with Crippen molar-refractivity contribution < 1.29 is 0 Å². The van der Waals surface area contributed by atoms with Crippen molar-refractivity contribution in [2.45, 2.75) is 80.1 Å². The van der Waals surface area contributed by atoms with E-state index in [2.05, 4.69) is 41.5 Å². The molecule has 0 nitrogen and oxygen atoms in total. The van der Waals surface area contributed by atoms with Crippen LogP contribution in [0.4, 0.5) is 0 Å². The third kappa shape index (κ3) is 5.58. The molecular formula is C15H32. The summed E-state index contributed by atoms with van der Waals surface area (Å²) in [5.74, 6) is 1.75. The molecule has 2 atom stereocenters. The average molecular weight is 212 g/mol. The Morgan fingerprint density at radius 1 is 1.00 bits per heavy atom. The molecule has 0 spiro atoms. The Hall–Kier alpha value is 0. The SMILES string of the molecule is CCC(C)CCCCC(C)(CC)C(C)C. The van der Waals surface area contributed by atoms with Crippen LogP contribution in [0.15, 0.2) is 0 Å². The van der Waals surface area contributed by atoms with Gasteiger partial charge in [0.2, 0.25) is 0 Å². The lowest BCUT2D eigenvalue weighted by Gasteiger charge is -2.33. The molecule has 0 rings (SSSR count). The molecule has 0 saturated carbocycles. The van der Waals surface area contributed by atoms with E-state index in [4.69, 9.17) is 0 Å². The van der Waals surface area contributed by atoms with E-state index in [-0.39, 0.29) is 0 Å². The number of rotatable bonds is 8. The fraction of sp³-hybridized carbons (Fsp3) is 1.00. The first-order chi connectivity index (χ1) is 6.96. The van der Waals surface area contributed by atoms with Gasteiger partial charge in [0.15, 0.2) is 0 Å². The topological polar surface area (TPSA) is 0 Å². The lowest BCUT2D eigenvalue weighted by atomic mass is 9.73. The van der Waals surface area contributed by atoms with Crippen molar-refractivity contribution in [2.75, 3.05) is 0 Å². The van der Waals surface area contributed by atoms with E-state index < -0.39 is 0 Å². The summed E-state index contributed by atoms with van der Waals surface area (Å²) in [5.41, 5.74) is 0.579. The summed E-state index contributed by atoms with van der Waals surface area (Å²) in [6.07, 6.45) is 8.36. The van der Waals surface area contributed by atoms with Gasteiger partial charge in [-0.05, 0) is 23.7 Å². The van der Waals surface area contributed by atoms with E-state index in [9.17, 15) is 0 Å². The van der Waals surface area contributed by atoms with E-state index >= 15 is 0 Å². The summed E-state index contributed by atoms with van der Waals surface area (Å²) >= 11 is 0. The minimum absolute atomic E-state index is 0.579. The molecule has 0 aliphatic carbocycles. The average Bonchev–Trinajstić information content (AvgIpc) is 2.23. The highest BCUT2D eigenvalue weighted by Crippen LogP contribution is 2.36. The van der Waals surface area contributed by atoms with Gasteiger partial charge in [0, 0.05) is 0 Å². The molecule has 92 valence electrons. The van der Waals surface area contributed by atoms with Gasteiger partial charge in [0.05, 0.1) is 0 Å². The maximum absolute atomic E-state index is 2.46. The highest BCUT2D eigenvalue weighted by Gasteiger charge is 2.25. The van der Waals surface area contributed by atoms with Crippen LogP contribution in [-0.4, -0.2) is 0 Å². The van der Waals surface area contributed by atoms with Gasteiger partial charge in [-0.2, -0.15) is 0 Å². The van der Waals surface area contributed by atoms with Crippen LogP contribution in [0.25, 0.3) is 0 Å². The normalized spacial score (nSPS) is 17.8. The Balaban J connectivity index is 3.73. The smallest absolute Gasteiger partial charge is 0.0305 e. The summed E-state index contributed by atoms with van der Waals surface area (Å²) in [6, 6.07) is 0. The van der Waals surface area contributed by atoms with Crippen molar-refractivity contribution in [3.63, 3.8) is 0 Å². The van der Waals surface area contributed by atoms with E-state index in [1.807, 2.05) is 0 Å². The first kappa shape index (κ1) is 15.0. The van der Waals surface area contributed by atoms with Gasteiger partial charge in [-0.3, -0.25) is 0 Å². The molecule has 0 N–H and O–H groups in total. The second-order valence-corrected chi connectivity index (χ2v) is 5.92. The Morgan fingerprint density at radius 3 is 2.00 bits per heavy atom. The van der Waals surface area contributed by atoms with Gasteiger partial charge in [-0.1, -0.05) is 73.6 Å². The highest BCUT2D eigenvalue weighted by molar-refractivity contribution is 4.76. The molecule has 0 heteroatoms. The minimum atomic E-state index is 0.579. The first-order valence-corrected chi connectivity index (χ1v) is 6.96. The van der Waals surface area contributed by atoms with Gasteiger partial charge < -0.3 is 0 Å². The Morgan fingerprint density at radius 2 is 1.60 bits per heavy atom. The Bertz CT molecular complexity index is 148. The Kier molecular flexibility index (Phi) is 7.30. The van der Waals surface area contributed by atoms with E-state index in [1.165, 1.54) is 38.5 Å². The van der Waals surface area contributed by atoms with Crippen LogP contribution >= 0.6 is 0 Å². The van der Waals surface area contributed by atoms with Crippen LogP contribution < -0.4 is 0 Å². The lowest BCUT2D eigenvalue weighted by Crippen LogP contribution is -2.22. The Labute approximate surface area is 97.8 Å². The summed E-state index contributed by atoms with van der Waals surface area (Å²) in [4.78, 5) is 0. The van der Waals surface area contributed by atoms with Crippen molar-refractivity contribution in [2.24, 2.45) is 17.3 Å². The molecule has 0 saturated heterocycles. The standard InChI is InChI=1S/C15H32/c1-7-14(5)11-9-10-12-15(6,8-2)13(3)4/h13-14H,7-12H2,1-6H3. The van der Waals surface area contributed by atoms with Crippen LogP contribution in [-0.2, 0) is 0 Å². The van der Waals surface area contributed by atoms with Crippen molar-refractivity contribution in [1.29, 1.82) is 0 Å². The summed E-state index contributed by atoms with van der Waals surface area (Å²) in [7, 11) is 0. The summed E-state index contributed by atoms with van der Waals surface area (Å²) in [5, 5.41) is 0. The highest BCUT2D eigenvalue weighted by atomic mass is 14.3. The van der Waals surface area contributed by atoms with Crippen molar-refractivity contribution in [3.05, 3.63) is 0 Å². The predicted molar refractivity (Wildman–Crippen MR) is 71.2 cm³/mol. The van der Waals surface area contributed by atoms with Gasteiger partial charge in [0.25, 0.3) is 0 Å². The minimum Gasteiger partial charge on any atom is -0.0651 e. The van der Waals surface area contributed by atoms with Crippen LogP contribution in [0.1, 0.15) is 80.1 Å². The van der Waals surface area contributed by atoms with Crippen LogP contribution in [0.5, 0.6) is 0 Å². The van der Waals surface area contributed by atoms with Gasteiger partial charge >= 0.3 is 0 Å². The maximum Gasteiger partial charge on any atom is -0.0305 e. The molecule has 0 heterocycles. The number of hydrogen-bond donors (Lipinski definition) is 0. The zero-order chi connectivity index (χ0) is 11.9. The molecule has 0 aromatic carbocycles. The molecule has 0 aliphatic rings. The largest absolute Gasteiger partial charge is 0.0651 e. The fourth-order valence-electron chi connectivity index (χ4n) is 2.10. The van der Waals surface area contributed by atoms with Crippen LogP contribution in [0, 0.1) is 17.3 Å². The monoisotopic (exact) mass is 212 g/mol. The van der Waals surface area contributed by atoms with E-state index in [1.54, 1.807) is 0 Å².